The van der Waals surface area contributed by atoms with Gasteiger partial charge < -0.3 is 24.3 Å². The number of hydrogen-bond donors (Lipinski definition) is 2. The number of rotatable bonds is 4. The van der Waals surface area contributed by atoms with Crippen molar-refractivity contribution in [1.82, 2.24) is 15.2 Å². The molecule has 0 atom stereocenters. The van der Waals surface area contributed by atoms with Crippen LogP contribution in [0.15, 0.2) is 18.2 Å². The van der Waals surface area contributed by atoms with Crippen molar-refractivity contribution in [2.24, 2.45) is 0 Å². The Hall–Kier alpha value is -2.32. The molecule has 0 radical (unpaired) electrons. The minimum Gasteiger partial charge on any atom is -0.486 e. The lowest BCUT2D eigenvalue weighted by Gasteiger charge is -2.33. The van der Waals surface area contributed by atoms with Gasteiger partial charge in [0, 0.05) is 44.9 Å². The van der Waals surface area contributed by atoms with Crippen molar-refractivity contribution < 1.29 is 18.9 Å². The first kappa shape index (κ1) is 15.2. The van der Waals surface area contributed by atoms with Crippen LogP contribution in [0.3, 0.4) is 0 Å². The minimum absolute atomic E-state index is 0.460. The highest BCUT2D eigenvalue weighted by molar-refractivity contribution is 5.60. The highest BCUT2D eigenvalue weighted by atomic mass is 16.6. The van der Waals surface area contributed by atoms with Crippen LogP contribution in [0.5, 0.6) is 11.5 Å². The smallest absolute Gasteiger partial charge is 0.246 e. The van der Waals surface area contributed by atoms with Crippen LogP contribution in [0.25, 0.3) is 0 Å². The third-order valence-corrected chi connectivity index (χ3v) is 4.41. The number of methoxy groups -OCH3 is 1. The molecule has 2 aromatic rings. The highest BCUT2D eigenvalue weighted by Crippen LogP contribution is 2.35. The number of ether oxygens (including phenoxy) is 4. The number of aromatic amines is 1. The predicted molar refractivity (Wildman–Crippen MR) is 85.8 cm³/mol. The van der Waals surface area contributed by atoms with Gasteiger partial charge >= 0.3 is 0 Å². The Kier molecular flexibility index (Phi) is 3.99. The lowest BCUT2D eigenvalue weighted by atomic mass is 9.93. The average Bonchev–Trinajstić information content (AvgIpc) is 3.11. The van der Waals surface area contributed by atoms with Crippen LogP contribution in [0.2, 0.25) is 0 Å². The van der Waals surface area contributed by atoms with Crippen LogP contribution in [-0.2, 0) is 15.1 Å². The summed E-state index contributed by atoms with van der Waals surface area (Å²) in [6, 6.07) is 5.66. The van der Waals surface area contributed by atoms with Gasteiger partial charge in [0.15, 0.2) is 17.3 Å². The second-order valence-electron chi connectivity index (χ2n) is 5.80. The molecule has 0 saturated carbocycles. The maximum Gasteiger partial charge on any atom is 0.246 e. The number of aromatic nitrogens is 3. The summed E-state index contributed by atoms with van der Waals surface area (Å²) < 4.78 is 22.3. The Morgan fingerprint density at radius 1 is 1.12 bits per heavy atom. The van der Waals surface area contributed by atoms with E-state index in [2.05, 4.69) is 20.5 Å². The lowest BCUT2D eigenvalue weighted by Crippen LogP contribution is -2.36. The fourth-order valence-corrected chi connectivity index (χ4v) is 3.01. The zero-order valence-electron chi connectivity index (χ0n) is 13.5. The van der Waals surface area contributed by atoms with Crippen LogP contribution in [0.1, 0.15) is 18.7 Å². The molecule has 0 aliphatic carbocycles. The first-order chi connectivity index (χ1) is 11.8. The van der Waals surface area contributed by atoms with Crippen LogP contribution in [0.4, 0.5) is 11.6 Å². The largest absolute Gasteiger partial charge is 0.486 e. The Morgan fingerprint density at radius 3 is 2.71 bits per heavy atom. The molecule has 2 aliphatic heterocycles. The molecule has 8 heteroatoms. The first-order valence-electron chi connectivity index (χ1n) is 8.01. The van der Waals surface area contributed by atoms with Crippen molar-refractivity contribution in [3.63, 3.8) is 0 Å². The molecule has 0 unspecified atom stereocenters. The van der Waals surface area contributed by atoms with E-state index in [1.54, 1.807) is 7.11 Å². The molecule has 2 aliphatic rings. The van der Waals surface area contributed by atoms with Gasteiger partial charge in [-0.3, -0.25) is 5.10 Å². The Morgan fingerprint density at radius 2 is 1.92 bits per heavy atom. The highest BCUT2D eigenvalue weighted by Gasteiger charge is 2.37. The van der Waals surface area contributed by atoms with Gasteiger partial charge in [0.2, 0.25) is 5.95 Å². The summed E-state index contributed by atoms with van der Waals surface area (Å²) in [6.07, 6.45) is 1.50. The molecule has 4 rings (SSSR count). The van der Waals surface area contributed by atoms with Crippen molar-refractivity contribution in [3.8, 4) is 11.5 Å². The molecule has 1 aromatic heterocycles. The molecule has 8 nitrogen and oxygen atoms in total. The van der Waals surface area contributed by atoms with Gasteiger partial charge in [-0.1, -0.05) is 0 Å². The fraction of sp³-hybridized carbons (Fsp3) is 0.500. The average molecular weight is 332 g/mol. The van der Waals surface area contributed by atoms with E-state index in [9.17, 15) is 0 Å². The maximum atomic E-state index is 5.72. The summed E-state index contributed by atoms with van der Waals surface area (Å²) >= 11 is 0. The number of fused-ring (bicyclic) bond motifs is 1. The number of benzene rings is 1. The Balaban J connectivity index is 1.53. The standard InChI is InChI=1S/C16H20N4O4/c1-21-16(4-6-22-7-5-16)14-18-15(20-19-14)17-11-2-3-12-13(10-11)24-9-8-23-12/h2-3,10H,4-9H2,1H3,(H2,17,18,19,20). The van der Waals surface area contributed by atoms with E-state index < -0.39 is 5.60 Å². The van der Waals surface area contributed by atoms with E-state index in [-0.39, 0.29) is 0 Å². The third kappa shape index (κ3) is 2.78. The number of H-pyrrole nitrogens is 1. The first-order valence-corrected chi connectivity index (χ1v) is 8.01. The molecule has 3 heterocycles. The predicted octanol–water partition coefficient (Wildman–Crippen LogP) is 1.97. The van der Waals surface area contributed by atoms with E-state index in [0.717, 1.165) is 30.0 Å². The molecule has 2 N–H and O–H groups in total. The van der Waals surface area contributed by atoms with E-state index >= 15 is 0 Å². The molecule has 1 saturated heterocycles. The van der Waals surface area contributed by atoms with Crippen molar-refractivity contribution in [1.29, 1.82) is 0 Å². The van der Waals surface area contributed by atoms with Gasteiger partial charge in [-0.2, -0.15) is 4.98 Å². The molecule has 0 spiro atoms. The van der Waals surface area contributed by atoms with Crippen LogP contribution in [-0.4, -0.2) is 48.7 Å². The van der Waals surface area contributed by atoms with Gasteiger partial charge in [-0.25, -0.2) is 0 Å². The van der Waals surface area contributed by atoms with Crippen molar-refractivity contribution >= 4 is 11.6 Å². The second kappa shape index (κ2) is 6.29. The van der Waals surface area contributed by atoms with E-state index in [0.29, 0.717) is 38.2 Å². The van der Waals surface area contributed by atoms with E-state index in [1.165, 1.54) is 0 Å². The number of nitrogens with one attached hydrogen (secondary N) is 2. The van der Waals surface area contributed by atoms with Crippen molar-refractivity contribution in [2.45, 2.75) is 18.4 Å². The summed E-state index contributed by atoms with van der Waals surface area (Å²) in [5.41, 5.74) is 0.376. The van der Waals surface area contributed by atoms with Gasteiger partial charge in [0.1, 0.15) is 18.8 Å². The molecule has 24 heavy (non-hydrogen) atoms. The normalized spacial score (nSPS) is 19.0. The quantitative estimate of drug-likeness (QED) is 0.884. The Bertz CT molecular complexity index is 712. The summed E-state index contributed by atoms with van der Waals surface area (Å²) in [5.74, 6) is 2.68. The van der Waals surface area contributed by atoms with Crippen LogP contribution < -0.4 is 14.8 Å². The maximum absolute atomic E-state index is 5.72. The molecule has 1 aromatic carbocycles. The van der Waals surface area contributed by atoms with Gasteiger partial charge in [0.05, 0.1) is 0 Å². The summed E-state index contributed by atoms with van der Waals surface area (Å²) in [6.45, 7) is 2.44. The minimum atomic E-state index is -0.460. The lowest BCUT2D eigenvalue weighted by molar-refractivity contribution is -0.0997. The third-order valence-electron chi connectivity index (χ3n) is 4.41. The summed E-state index contributed by atoms with van der Waals surface area (Å²) in [4.78, 5) is 4.55. The summed E-state index contributed by atoms with van der Waals surface area (Å²) in [5, 5.41) is 10.4. The van der Waals surface area contributed by atoms with Gasteiger partial charge in [-0.05, 0) is 12.1 Å². The van der Waals surface area contributed by atoms with Crippen LogP contribution >= 0.6 is 0 Å². The molecule has 0 amide bonds. The van der Waals surface area contributed by atoms with Gasteiger partial charge in [0.25, 0.3) is 0 Å². The molecule has 0 bridgehead atoms. The SMILES string of the molecule is COC1(c2nc(Nc3ccc4c(c3)OCCO4)n[nH]2)CCOCC1. The van der Waals surface area contributed by atoms with Crippen molar-refractivity contribution in [2.75, 3.05) is 38.9 Å². The summed E-state index contributed by atoms with van der Waals surface area (Å²) in [7, 11) is 1.70. The van der Waals surface area contributed by atoms with E-state index in [1.807, 2.05) is 18.2 Å². The molecule has 1 fully saturated rings. The zero-order chi connectivity index (χ0) is 16.4. The number of hydrogen-bond acceptors (Lipinski definition) is 7. The number of anilines is 2. The molecular weight excluding hydrogens is 312 g/mol. The fourth-order valence-electron chi connectivity index (χ4n) is 3.01. The second-order valence-corrected chi connectivity index (χ2v) is 5.80. The van der Waals surface area contributed by atoms with Gasteiger partial charge in [-0.15, -0.1) is 5.10 Å². The zero-order valence-corrected chi connectivity index (χ0v) is 13.5. The van der Waals surface area contributed by atoms with Crippen LogP contribution in [0, 0.1) is 0 Å². The molecule has 128 valence electrons. The topological polar surface area (TPSA) is 90.5 Å². The number of nitrogens with zero attached hydrogens (tertiary/aromatic N) is 2. The van der Waals surface area contributed by atoms with E-state index in [4.69, 9.17) is 18.9 Å². The van der Waals surface area contributed by atoms with Crippen molar-refractivity contribution in [3.05, 3.63) is 24.0 Å². The monoisotopic (exact) mass is 332 g/mol. The molecular formula is C16H20N4O4. The Labute approximate surface area is 139 Å².